The van der Waals surface area contributed by atoms with E-state index < -0.39 is 0 Å². The van der Waals surface area contributed by atoms with Gasteiger partial charge in [-0.3, -0.25) is 0 Å². The number of hydrogen-bond donors (Lipinski definition) is 1. The van der Waals surface area contributed by atoms with Crippen LogP contribution in [0.3, 0.4) is 0 Å². The molecule has 0 aliphatic rings. The summed E-state index contributed by atoms with van der Waals surface area (Å²) in [5.41, 5.74) is 6.14. The van der Waals surface area contributed by atoms with Gasteiger partial charge >= 0.3 is 0 Å². The maximum atomic E-state index is 5.05. The van der Waals surface area contributed by atoms with Crippen LogP contribution in [0, 0.1) is 6.20 Å². The van der Waals surface area contributed by atoms with E-state index in [2.05, 4.69) is 6.20 Å². The Bertz CT molecular complexity index is 189. The maximum absolute atomic E-state index is 5.05. The Labute approximate surface area is 54.8 Å². The third-order valence-corrected chi connectivity index (χ3v) is 1.05. The second kappa shape index (κ2) is 2.92. The number of nitrogens with two attached hydrogens (primary N) is 1. The van der Waals surface area contributed by atoms with Crippen molar-refractivity contribution in [1.29, 1.82) is 0 Å². The predicted molar refractivity (Wildman–Crippen MR) is 38.3 cm³/mol. The number of rotatable bonds is 1. The second-order valence-corrected chi connectivity index (χ2v) is 1.72. The third-order valence-electron chi connectivity index (χ3n) is 1.05. The average molecular weight is 118 g/mol. The molecular formula is C8H8N. The fourth-order valence-corrected chi connectivity index (χ4v) is 0.645. The minimum atomic E-state index is 1.08. The van der Waals surface area contributed by atoms with E-state index in [-0.39, 0.29) is 0 Å². The molecule has 0 amide bonds. The quantitative estimate of drug-likeness (QED) is 0.554. The summed E-state index contributed by atoms with van der Waals surface area (Å²) in [6, 6.07) is 9.83. The van der Waals surface area contributed by atoms with Crippen molar-refractivity contribution in [3.05, 3.63) is 42.1 Å². The predicted octanol–water partition coefficient (Wildman–Crippen LogP) is 1.42. The van der Waals surface area contributed by atoms with Crippen LogP contribution < -0.4 is 5.73 Å². The Morgan fingerprint density at radius 1 is 1.22 bits per heavy atom. The van der Waals surface area contributed by atoms with Gasteiger partial charge in [0.25, 0.3) is 0 Å². The van der Waals surface area contributed by atoms with Gasteiger partial charge in [-0.15, -0.1) is 0 Å². The van der Waals surface area contributed by atoms with Gasteiger partial charge in [0.1, 0.15) is 0 Å². The molecule has 1 nitrogen and oxygen atoms in total. The van der Waals surface area contributed by atoms with E-state index >= 15 is 0 Å². The Hall–Kier alpha value is -1.24. The van der Waals surface area contributed by atoms with Gasteiger partial charge in [-0.25, -0.2) is 0 Å². The molecule has 0 fully saturated rings. The van der Waals surface area contributed by atoms with Crippen LogP contribution in [0.1, 0.15) is 5.56 Å². The first-order chi connectivity index (χ1) is 4.43. The molecule has 0 heterocycles. The molecule has 2 N–H and O–H groups in total. The molecule has 9 heavy (non-hydrogen) atoms. The van der Waals surface area contributed by atoms with Crippen molar-refractivity contribution in [1.82, 2.24) is 0 Å². The molecule has 0 saturated carbocycles. The zero-order chi connectivity index (χ0) is 6.53. The molecular weight excluding hydrogens is 110 g/mol. The molecule has 0 saturated heterocycles. The van der Waals surface area contributed by atoms with Crippen molar-refractivity contribution < 1.29 is 0 Å². The van der Waals surface area contributed by atoms with Gasteiger partial charge in [0.15, 0.2) is 0 Å². The lowest BCUT2D eigenvalue weighted by atomic mass is 10.2. The van der Waals surface area contributed by atoms with Gasteiger partial charge in [0.2, 0.25) is 0 Å². The topological polar surface area (TPSA) is 26.0 Å². The van der Waals surface area contributed by atoms with Crippen LogP contribution in [-0.2, 0) is 0 Å². The van der Waals surface area contributed by atoms with Gasteiger partial charge in [0.05, 0.1) is 6.20 Å². The highest BCUT2D eigenvalue weighted by molar-refractivity contribution is 5.45. The van der Waals surface area contributed by atoms with E-state index in [1.807, 2.05) is 30.3 Å². The van der Waals surface area contributed by atoms with Crippen LogP contribution in [0.4, 0.5) is 0 Å². The average Bonchev–Trinajstić information content (AvgIpc) is 1.91. The second-order valence-electron chi connectivity index (χ2n) is 1.72. The van der Waals surface area contributed by atoms with Crippen molar-refractivity contribution in [2.24, 2.45) is 5.73 Å². The van der Waals surface area contributed by atoms with Gasteiger partial charge in [0, 0.05) is 0 Å². The first-order valence-electron chi connectivity index (χ1n) is 2.78. The minimum absolute atomic E-state index is 1.08. The molecule has 1 aromatic carbocycles. The van der Waals surface area contributed by atoms with Crippen molar-refractivity contribution in [3.63, 3.8) is 0 Å². The molecule has 1 radical (unpaired) electrons. The Morgan fingerprint density at radius 3 is 2.44 bits per heavy atom. The summed E-state index contributed by atoms with van der Waals surface area (Å²) < 4.78 is 0. The summed E-state index contributed by atoms with van der Waals surface area (Å²) in [5, 5.41) is 0. The summed E-state index contributed by atoms with van der Waals surface area (Å²) in [6.45, 7) is 0. The summed E-state index contributed by atoms with van der Waals surface area (Å²) in [6.07, 6.45) is 4.20. The summed E-state index contributed by atoms with van der Waals surface area (Å²) in [7, 11) is 0. The van der Waals surface area contributed by atoms with Crippen LogP contribution in [0.2, 0.25) is 0 Å². The first kappa shape index (κ1) is 5.89. The largest absolute Gasteiger partial charge is 0.397 e. The van der Waals surface area contributed by atoms with Gasteiger partial charge in [-0.05, 0) is 11.6 Å². The molecule has 0 unspecified atom stereocenters. The molecule has 0 aliphatic carbocycles. The Morgan fingerprint density at radius 2 is 1.89 bits per heavy atom. The molecule has 0 bridgehead atoms. The fraction of sp³-hybridized carbons (Fsp3) is 0. The Kier molecular flexibility index (Phi) is 1.91. The van der Waals surface area contributed by atoms with E-state index in [1.165, 1.54) is 0 Å². The highest BCUT2D eigenvalue weighted by Crippen LogP contribution is 1.98. The molecule has 0 spiro atoms. The van der Waals surface area contributed by atoms with Crippen LogP contribution in [0.15, 0.2) is 30.3 Å². The minimum Gasteiger partial charge on any atom is -0.397 e. The van der Waals surface area contributed by atoms with Crippen molar-refractivity contribution >= 4 is 6.08 Å². The van der Waals surface area contributed by atoms with E-state index in [0.29, 0.717) is 0 Å². The number of benzene rings is 1. The summed E-state index contributed by atoms with van der Waals surface area (Å²) >= 11 is 0. The van der Waals surface area contributed by atoms with Gasteiger partial charge in [-0.2, -0.15) is 0 Å². The smallest absolute Gasteiger partial charge is 0.0554 e. The highest BCUT2D eigenvalue weighted by atomic mass is 14.5. The van der Waals surface area contributed by atoms with E-state index in [1.54, 1.807) is 6.08 Å². The fourth-order valence-electron chi connectivity index (χ4n) is 0.645. The molecule has 0 aromatic heterocycles. The monoisotopic (exact) mass is 118 g/mol. The SMILES string of the molecule is N/[C]=C/c1ccccc1. The first-order valence-corrected chi connectivity index (χ1v) is 2.78. The summed E-state index contributed by atoms with van der Waals surface area (Å²) in [4.78, 5) is 0. The molecule has 45 valence electrons. The van der Waals surface area contributed by atoms with Gasteiger partial charge < -0.3 is 5.73 Å². The van der Waals surface area contributed by atoms with Crippen LogP contribution in [0.5, 0.6) is 0 Å². The lowest BCUT2D eigenvalue weighted by Crippen LogP contribution is -1.77. The Balaban J connectivity index is 2.85. The lowest BCUT2D eigenvalue weighted by molar-refractivity contribution is 1.54. The van der Waals surface area contributed by atoms with Crippen molar-refractivity contribution in [3.8, 4) is 0 Å². The van der Waals surface area contributed by atoms with Crippen LogP contribution in [0.25, 0.3) is 6.08 Å². The molecule has 1 aromatic rings. The molecule has 0 atom stereocenters. The maximum Gasteiger partial charge on any atom is 0.0554 e. The van der Waals surface area contributed by atoms with Crippen molar-refractivity contribution in [2.45, 2.75) is 0 Å². The van der Waals surface area contributed by atoms with E-state index in [4.69, 9.17) is 5.73 Å². The van der Waals surface area contributed by atoms with E-state index in [0.717, 1.165) is 5.56 Å². The lowest BCUT2D eigenvalue weighted by Gasteiger charge is -1.86. The van der Waals surface area contributed by atoms with Gasteiger partial charge in [-0.1, -0.05) is 30.3 Å². The molecule has 1 rings (SSSR count). The normalized spacial score (nSPS) is 10.2. The van der Waals surface area contributed by atoms with Crippen LogP contribution in [-0.4, -0.2) is 0 Å². The zero-order valence-electron chi connectivity index (χ0n) is 5.04. The van der Waals surface area contributed by atoms with E-state index in [9.17, 15) is 0 Å². The standard InChI is InChI=1S/C8H8N/c9-7-6-8-4-2-1-3-5-8/h1-6H,9H2. The highest BCUT2D eigenvalue weighted by Gasteiger charge is 1.78. The number of hydrogen-bond acceptors (Lipinski definition) is 1. The molecule has 1 heteroatoms. The zero-order valence-corrected chi connectivity index (χ0v) is 5.04. The third kappa shape index (κ3) is 1.61. The van der Waals surface area contributed by atoms with Crippen LogP contribution >= 0.6 is 0 Å². The summed E-state index contributed by atoms with van der Waals surface area (Å²) in [5.74, 6) is 0. The molecule has 0 aliphatic heterocycles. The van der Waals surface area contributed by atoms with Crippen molar-refractivity contribution in [2.75, 3.05) is 0 Å².